The van der Waals surface area contributed by atoms with Crippen LogP contribution in [0, 0.1) is 0 Å². The van der Waals surface area contributed by atoms with Crippen molar-refractivity contribution in [3.05, 3.63) is 30.0 Å². The molecule has 4 unspecified atom stereocenters. The largest absolute Gasteiger partial charge is 0.479 e. The Morgan fingerprint density at radius 3 is 2.12 bits per heavy atom. The average molecular weight is 577 g/mol. The molecule has 3 fully saturated rings. The van der Waals surface area contributed by atoms with E-state index in [1.54, 1.807) is 0 Å². The Kier molecular flexibility index (Phi) is 9.65. The standard InChI is InChI=1S/C24H34N4O3.C4H6O6/c1-16(2)28-21-6-4-3-5-20(21)22(26-28)23(29)25-17-13-18-7-8-19(14-17)27(18)15-24(30)9-11-31-12-10-24;5-1(3(7)8)2(6)4(9)10/h3-6,16-19,30H,7-15H2,1-2H3,(H,25,29);1-2,5-6H,(H,7,8)(H,9,10). The number of ether oxygens (including phenoxy) is 1. The molecule has 1 amide bonds. The van der Waals surface area contributed by atoms with Gasteiger partial charge in [0.1, 0.15) is 0 Å². The zero-order valence-corrected chi connectivity index (χ0v) is 23.3. The second-order valence-corrected chi connectivity index (χ2v) is 11.5. The first-order valence-corrected chi connectivity index (χ1v) is 14.1. The maximum absolute atomic E-state index is 13.2. The molecule has 226 valence electrons. The molecule has 13 heteroatoms. The van der Waals surface area contributed by atoms with Crippen LogP contribution in [0.5, 0.6) is 0 Å². The summed E-state index contributed by atoms with van der Waals surface area (Å²) in [4.78, 5) is 35.2. The van der Waals surface area contributed by atoms with E-state index in [2.05, 4.69) is 29.2 Å². The summed E-state index contributed by atoms with van der Waals surface area (Å²) in [5, 5.41) is 52.4. The van der Waals surface area contributed by atoms with E-state index in [0.717, 1.165) is 43.1 Å². The number of amides is 1. The summed E-state index contributed by atoms with van der Waals surface area (Å²) in [6.07, 6.45) is 1.08. The number of aliphatic hydroxyl groups is 3. The smallest absolute Gasteiger partial charge is 0.335 e. The molecule has 3 aliphatic rings. The lowest BCUT2D eigenvalue weighted by Crippen LogP contribution is -2.56. The number of fused-ring (bicyclic) bond motifs is 3. The number of para-hydroxylation sites is 1. The zero-order valence-electron chi connectivity index (χ0n) is 23.3. The number of aliphatic hydroxyl groups excluding tert-OH is 2. The summed E-state index contributed by atoms with van der Waals surface area (Å²) in [5.41, 5.74) is 0.899. The Labute approximate surface area is 237 Å². The van der Waals surface area contributed by atoms with Crippen LogP contribution in [0.15, 0.2) is 24.3 Å². The van der Waals surface area contributed by atoms with Crippen molar-refractivity contribution in [2.24, 2.45) is 0 Å². The first kappa shape index (κ1) is 30.8. The van der Waals surface area contributed by atoms with Crippen LogP contribution in [-0.4, -0.2) is 114 Å². The fourth-order valence-corrected chi connectivity index (χ4v) is 6.07. The number of aromatic nitrogens is 2. The summed E-state index contributed by atoms with van der Waals surface area (Å²) in [7, 11) is 0. The Morgan fingerprint density at radius 2 is 1.59 bits per heavy atom. The van der Waals surface area contributed by atoms with Gasteiger partial charge in [-0.05, 0) is 45.6 Å². The summed E-state index contributed by atoms with van der Waals surface area (Å²) >= 11 is 0. The lowest BCUT2D eigenvalue weighted by molar-refractivity contribution is -0.165. The van der Waals surface area contributed by atoms with Gasteiger partial charge in [0, 0.05) is 62.2 Å². The van der Waals surface area contributed by atoms with Crippen molar-refractivity contribution in [3.63, 3.8) is 0 Å². The van der Waals surface area contributed by atoms with Gasteiger partial charge in [-0.25, -0.2) is 9.59 Å². The average Bonchev–Trinajstić information content (AvgIpc) is 3.42. The Bertz CT molecular complexity index is 1210. The number of nitrogens with zero attached hydrogens (tertiary/aromatic N) is 3. The van der Waals surface area contributed by atoms with Gasteiger partial charge in [0.2, 0.25) is 0 Å². The molecule has 4 heterocycles. The van der Waals surface area contributed by atoms with Crippen molar-refractivity contribution < 1.29 is 44.7 Å². The van der Waals surface area contributed by atoms with Crippen LogP contribution >= 0.6 is 0 Å². The molecule has 0 radical (unpaired) electrons. The van der Waals surface area contributed by atoms with E-state index < -0.39 is 29.7 Å². The molecule has 6 N–H and O–H groups in total. The quantitative estimate of drug-likeness (QED) is 0.260. The van der Waals surface area contributed by atoms with E-state index >= 15 is 0 Å². The monoisotopic (exact) mass is 576 g/mol. The van der Waals surface area contributed by atoms with E-state index in [0.29, 0.717) is 43.8 Å². The van der Waals surface area contributed by atoms with E-state index in [9.17, 15) is 19.5 Å². The first-order valence-electron chi connectivity index (χ1n) is 14.1. The van der Waals surface area contributed by atoms with Gasteiger partial charge in [0.15, 0.2) is 17.9 Å². The van der Waals surface area contributed by atoms with Crippen molar-refractivity contribution in [2.75, 3.05) is 19.8 Å². The molecule has 3 saturated heterocycles. The Hall–Kier alpha value is -3.10. The van der Waals surface area contributed by atoms with Gasteiger partial charge >= 0.3 is 11.9 Å². The topological polar surface area (TPSA) is 195 Å². The third-order valence-electron chi connectivity index (χ3n) is 8.24. The normalized spacial score (nSPS) is 25.3. The van der Waals surface area contributed by atoms with Crippen molar-refractivity contribution in [1.82, 2.24) is 20.0 Å². The van der Waals surface area contributed by atoms with Gasteiger partial charge in [-0.3, -0.25) is 14.4 Å². The van der Waals surface area contributed by atoms with Gasteiger partial charge in [-0.2, -0.15) is 5.10 Å². The number of rotatable bonds is 8. The van der Waals surface area contributed by atoms with Crippen molar-refractivity contribution >= 4 is 28.7 Å². The van der Waals surface area contributed by atoms with E-state index in [-0.39, 0.29) is 18.0 Å². The first-order chi connectivity index (χ1) is 19.4. The molecule has 13 nitrogen and oxygen atoms in total. The van der Waals surface area contributed by atoms with Crippen molar-refractivity contribution in [1.29, 1.82) is 0 Å². The minimum Gasteiger partial charge on any atom is -0.479 e. The third-order valence-corrected chi connectivity index (χ3v) is 8.24. The summed E-state index contributed by atoms with van der Waals surface area (Å²) in [6.45, 7) is 6.20. The van der Waals surface area contributed by atoms with E-state index in [4.69, 9.17) is 25.2 Å². The molecule has 2 bridgehead atoms. The second kappa shape index (κ2) is 12.8. The number of aliphatic carboxylic acids is 2. The van der Waals surface area contributed by atoms with E-state index in [1.807, 2.05) is 28.9 Å². The van der Waals surface area contributed by atoms with Crippen LogP contribution in [0.25, 0.3) is 10.9 Å². The van der Waals surface area contributed by atoms with Gasteiger partial charge in [0.05, 0.1) is 11.1 Å². The van der Waals surface area contributed by atoms with Gasteiger partial charge in [0.25, 0.3) is 5.91 Å². The lowest BCUT2D eigenvalue weighted by Gasteiger charge is -2.44. The molecule has 1 aromatic carbocycles. The van der Waals surface area contributed by atoms with Gasteiger partial charge in [-0.15, -0.1) is 0 Å². The second-order valence-electron chi connectivity index (χ2n) is 11.5. The SMILES string of the molecule is CC(C)n1nc(C(=O)NC2CC3CCC(C2)N3CC2(O)CCOCC2)c2ccccc21.O=C(O)C(O)C(O)C(=O)O. The number of hydrogen-bond donors (Lipinski definition) is 6. The number of carboxylic acid groups (broad SMARTS) is 2. The zero-order chi connectivity index (χ0) is 29.9. The van der Waals surface area contributed by atoms with Crippen LogP contribution in [0.4, 0.5) is 0 Å². The number of carbonyl (C=O) groups excluding carboxylic acids is 1. The van der Waals surface area contributed by atoms with Crippen LogP contribution in [0.1, 0.15) is 68.9 Å². The highest BCUT2D eigenvalue weighted by Crippen LogP contribution is 2.38. The minimum atomic E-state index is -2.27. The lowest BCUT2D eigenvalue weighted by atomic mass is 9.90. The number of nitrogens with one attached hydrogen (secondary N) is 1. The summed E-state index contributed by atoms with van der Waals surface area (Å²) < 4.78 is 7.38. The molecular weight excluding hydrogens is 536 g/mol. The highest BCUT2D eigenvalue weighted by Gasteiger charge is 2.45. The molecule has 4 atom stereocenters. The van der Waals surface area contributed by atoms with Gasteiger partial charge in [-0.1, -0.05) is 18.2 Å². The number of hydrogen-bond acceptors (Lipinski definition) is 9. The molecule has 41 heavy (non-hydrogen) atoms. The molecule has 3 aliphatic heterocycles. The number of piperidine rings is 1. The summed E-state index contributed by atoms with van der Waals surface area (Å²) in [6, 6.07) is 9.18. The molecule has 0 spiro atoms. The minimum absolute atomic E-state index is 0.0727. The van der Waals surface area contributed by atoms with Crippen molar-refractivity contribution in [3.8, 4) is 0 Å². The highest BCUT2D eigenvalue weighted by atomic mass is 16.5. The Morgan fingerprint density at radius 1 is 1.02 bits per heavy atom. The number of benzene rings is 1. The van der Waals surface area contributed by atoms with Crippen LogP contribution in [0.3, 0.4) is 0 Å². The molecule has 1 aromatic heterocycles. The van der Waals surface area contributed by atoms with E-state index in [1.165, 1.54) is 0 Å². The predicted molar refractivity (Wildman–Crippen MR) is 146 cm³/mol. The number of carboxylic acids is 2. The highest BCUT2D eigenvalue weighted by molar-refractivity contribution is 6.05. The number of carbonyl (C=O) groups is 3. The molecule has 0 saturated carbocycles. The van der Waals surface area contributed by atoms with Gasteiger partial charge < -0.3 is 35.6 Å². The maximum Gasteiger partial charge on any atom is 0.335 e. The molecule has 5 rings (SSSR count). The van der Waals surface area contributed by atoms with Crippen molar-refractivity contribution in [2.45, 2.75) is 94.3 Å². The Balaban J connectivity index is 0.000000334. The molecule has 2 aromatic rings. The fraction of sp³-hybridized carbons (Fsp3) is 0.643. The fourth-order valence-electron chi connectivity index (χ4n) is 6.07. The van der Waals surface area contributed by atoms with Crippen LogP contribution in [-0.2, 0) is 14.3 Å². The third kappa shape index (κ3) is 7.04. The summed E-state index contributed by atoms with van der Waals surface area (Å²) in [5.74, 6) is -3.61. The van der Waals surface area contributed by atoms with Crippen LogP contribution < -0.4 is 5.32 Å². The maximum atomic E-state index is 13.2. The van der Waals surface area contributed by atoms with Crippen LogP contribution in [0.2, 0.25) is 0 Å². The molecule has 0 aliphatic carbocycles. The molecular formula is C28H40N4O9. The predicted octanol–water partition coefficient (Wildman–Crippen LogP) is 0.761.